The average molecular weight is 614 g/mol. The zero-order chi connectivity index (χ0) is 31.3. The highest BCUT2D eigenvalue weighted by atomic mass is 32.2. The fraction of sp³-hybridized carbons (Fsp3) is 0.548. The molecule has 5 rings (SSSR count). The van der Waals surface area contributed by atoms with E-state index in [-0.39, 0.29) is 37.5 Å². The van der Waals surface area contributed by atoms with Crippen molar-refractivity contribution in [2.45, 2.75) is 75.9 Å². The van der Waals surface area contributed by atoms with E-state index in [9.17, 15) is 27.9 Å². The molecule has 232 valence electrons. The molecule has 1 saturated heterocycles. The van der Waals surface area contributed by atoms with Crippen LogP contribution >= 0.6 is 0 Å². The number of rotatable bonds is 12. The quantitative estimate of drug-likeness (QED) is 0.344. The van der Waals surface area contributed by atoms with Crippen LogP contribution in [-0.4, -0.2) is 77.7 Å². The van der Waals surface area contributed by atoms with Crippen LogP contribution in [0.3, 0.4) is 0 Å². The number of ketones is 1. The maximum absolute atomic E-state index is 13.9. The lowest BCUT2D eigenvalue weighted by Crippen LogP contribution is -2.49. The summed E-state index contributed by atoms with van der Waals surface area (Å²) in [6.07, 6.45) is 3.76. The van der Waals surface area contributed by atoms with E-state index in [4.69, 9.17) is 9.47 Å². The molecule has 0 radical (unpaired) electrons. The molecule has 1 aromatic carbocycles. The SMILES string of the molecule is C=C[C@@H]1C[C@]1(CC(=O)[C@@H]1CC(Oc2nccc3cc(OC)ccc23)CN1C(=O)[C@@H](C)C(C)(C)O)C(=O)NS(=O)(=O)C1CC1. The van der Waals surface area contributed by atoms with Crippen molar-refractivity contribution < 1.29 is 37.4 Å². The summed E-state index contributed by atoms with van der Waals surface area (Å²) < 4.78 is 38.8. The Bertz CT molecular complexity index is 1560. The summed E-state index contributed by atoms with van der Waals surface area (Å²) in [5.74, 6) is -1.67. The largest absolute Gasteiger partial charge is 0.497 e. The normalized spacial score (nSPS) is 26.1. The summed E-state index contributed by atoms with van der Waals surface area (Å²) in [4.78, 5) is 46.7. The summed E-state index contributed by atoms with van der Waals surface area (Å²) >= 11 is 0. The molecule has 12 heteroatoms. The minimum Gasteiger partial charge on any atom is -0.497 e. The molecule has 2 N–H and O–H groups in total. The molecule has 2 aliphatic carbocycles. The summed E-state index contributed by atoms with van der Waals surface area (Å²) in [6, 6.07) is 6.36. The fourth-order valence-electron chi connectivity index (χ4n) is 5.80. The van der Waals surface area contributed by atoms with E-state index in [0.29, 0.717) is 24.5 Å². The van der Waals surface area contributed by atoms with Gasteiger partial charge in [0.05, 0.1) is 41.9 Å². The molecule has 1 unspecified atom stereocenters. The van der Waals surface area contributed by atoms with E-state index in [1.54, 1.807) is 32.4 Å². The molecule has 1 aromatic heterocycles. The predicted molar refractivity (Wildman–Crippen MR) is 159 cm³/mol. The average Bonchev–Trinajstić information content (AvgIpc) is 3.88. The second-order valence-corrected chi connectivity index (χ2v) is 14.5. The van der Waals surface area contributed by atoms with Crippen molar-refractivity contribution in [3.63, 3.8) is 0 Å². The molecule has 2 amide bonds. The molecule has 5 atom stereocenters. The first-order valence-electron chi connectivity index (χ1n) is 14.5. The van der Waals surface area contributed by atoms with Gasteiger partial charge < -0.3 is 19.5 Å². The highest BCUT2D eigenvalue weighted by Crippen LogP contribution is 2.57. The van der Waals surface area contributed by atoms with Gasteiger partial charge in [-0.3, -0.25) is 19.1 Å². The van der Waals surface area contributed by atoms with Gasteiger partial charge in [-0.2, -0.15) is 0 Å². The maximum Gasteiger partial charge on any atom is 0.240 e. The van der Waals surface area contributed by atoms with Gasteiger partial charge in [-0.25, -0.2) is 13.4 Å². The fourth-order valence-corrected chi connectivity index (χ4v) is 7.18. The number of ether oxygens (including phenoxy) is 2. The predicted octanol–water partition coefficient (Wildman–Crippen LogP) is 2.76. The van der Waals surface area contributed by atoms with Crippen molar-refractivity contribution in [1.29, 1.82) is 0 Å². The molecule has 11 nitrogen and oxygen atoms in total. The van der Waals surface area contributed by atoms with Crippen LogP contribution in [0.2, 0.25) is 0 Å². The van der Waals surface area contributed by atoms with E-state index in [2.05, 4.69) is 16.3 Å². The van der Waals surface area contributed by atoms with Crippen LogP contribution in [0.1, 0.15) is 52.9 Å². The molecule has 0 spiro atoms. The van der Waals surface area contributed by atoms with Crippen LogP contribution in [0, 0.1) is 17.3 Å². The lowest BCUT2D eigenvalue weighted by atomic mass is 9.89. The van der Waals surface area contributed by atoms with Gasteiger partial charge in [0.2, 0.25) is 27.7 Å². The van der Waals surface area contributed by atoms with Gasteiger partial charge >= 0.3 is 0 Å². The van der Waals surface area contributed by atoms with Gasteiger partial charge in [0.1, 0.15) is 11.9 Å². The number of nitrogens with zero attached hydrogens (tertiary/aromatic N) is 2. The summed E-state index contributed by atoms with van der Waals surface area (Å²) in [5.41, 5.74) is -2.59. The molecule has 3 aliphatic rings. The van der Waals surface area contributed by atoms with E-state index in [1.807, 2.05) is 18.2 Å². The number of likely N-dealkylation sites (tertiary alicyclic amines) is 1. The molecular formula is C31H39N3O8S. The Morgan fingerprint density at radius 2 is 2.00 bits per heavy atom. The van der Waals surface area contributed by atoms with Crippen molar-refractivity contribution in [2.24, 2.45) is 17.3 Å². The number of carbonyl (C=O) groups excluding carboxylic acids is 3. The first-order valence-corrected chi connectivity index (χ1v) is 16.1. The Labute approximate surface area is 251 Å². The van der Waals surface area contributed by atoms with Crippen molar-refractivity contribution in [3.05, 3.63) is 43.1 Å². The van der Waals surface area contributed by atoms with Crippen molar-refractivity contribution >= 4 is 38.4 Å². The summed E-state index contributed by atoms with van der Waals surface area (Å²) in [7, 11) is -2.23. The Hall–Kier alpha value is -3.51. The third-order valence-electron chi connectivity index (χ3n) is 9.12. The first kappa shape index (κ1) is 30.9. The topological polar surface area (TPSA) is 152 Å². The molecule has 2 saturated carbocycles. The third-order valence-corrected chi connectivity index (χ3v) is 10.9. The van der Waals surface area contributed by atoms with Gasteiger partial charge in [0.15, 0.2) is 5.78 Å². The number of sulfonamides is 1. The molecule has 3 fully saturated rings. The number of Topliss-reactive ketones (excluding diaryl/α,β-unsaturated/α-hetero) is 1. The van der Waals surface area contributed by atoms with Crippen molar-refractivity contribution in [3.8, 4) is 11.6 Å². The Morgan fingerprint density at radius 3 is 2.60 bits per heavy atom. The lowest BCUT2D eigenvalue weighted by molar-refractivity contribution is -0.147. The standard InChI is InChI=1S/C31H39N3O8S/c1-6-20-15-31(20,29(37)33-43(39,40)23-8-9-23)16-26(35)25-14-22(17-34(25)28(36)18(2)30(3,4)38)42-27-24-10-7-21(41-5)13-19(24)11-12-32-27/h6-7,10-13,18,20,22-23,25,38H,1,8-9,14-17H2,2-5H3,(H,33,37)/t18-,20-,22?,25+,31-/m1/s1. The van der Waals surface area contributed by atoms with Crippen LogP contribution in [-0.2, 0) is 24.4 Å². The third kappa shape index (κ3) is 6.12. The van der Waals surface area contributed by atoms with Gasteiger partial charge in [-0.1, -0.05) is 13.0 Å². The maximum atomic E-state index is 13.9. The number of nitrogens with one attached hydrogen (secondary N) is 1. The number of carbonyl (C=O) groups is 3. The van der Waals surface area contributed by atoms with Crippen molar-refractivity contribution in [1.82, 2.24) is 14.6 Å². The van der Waals surface area contributed by atoms with Crippen molar-refractivity contribution in [2.75, 3.05) is 13.7 Å². The smallest absolute Gasteiger partial charge is 0.240 e. The number of pyridine rings is 1. The molecule has 43 heavy (non-hydrogen) atoms. The molecule has 2 heterocycles. The zero-order valence-corrected chi connectivity index (χ0v) is 25.7. The summed E-state index contributed by atoms with van der Waals surface area (Å²) in [5, 5.41) is 11.6. The first-order chi connectivity index (χ1) is 20.2. The second kappa shape index (κ2) is 11.2. The van der Waals surface area contributed by atoms with Gasteiger partial charge in [0.25, 0.3) is 0 Å². The van der Waals surface area contributed by atoms with Crippen LogP contribution in [0.5, 0.6) is 11.6 Å². The minimum absolute atomic E-state index is 0.0734. The molecule has 1 aliphatic heterocycles. The lowest BCUT2D eigenvalue weighted by Gasteiger charge is -2.32. The van der Waals surface area contributed by atoms with E-state index >= 15 is 0 Å². The number of benzene rings is 1. The van der Waals surface area contributed by atoms with Crippen LogP contribution in [0.25, 0.3) is 10.8 Å². The number of aromatic nitrogens is 1. The Kier molecular flexibility index (Phi) is 8.06. The Balaban J connectivity index is 1.39. The van der Waals surface area contributed by atoms with Crippen LogP contribution in [0.4, 0.5) is 0 Å². The van der Waals surface area contributed by atoms with Crippen LogP contribution in [0.15, 0.2) is 43.1 Å². The second-order valence-electron chi connectivity index (χ2n) is 12.6. The highest BCUT2D eigenvalue weighted by Gasteiger charge is 2.61. The highest BCUT2D eigenvalue weighted by molar-refractivity contribution is 7.90. The number of amides is 2. The minimum atomic E-state index is -3.81. The van der Waals surface area contributed by atoms with E-state index in [0.717, 1.165) is 10.8 Å². The number of hydrogen-bond donors (Lipinski definition) is 2. The Morgan fingerprint density at radius 1 is 1.28 bits per heavy atom. The van der Waals surface area contributed by atoms with E-state index < -0.39 is 56.2 Å². The summed E-state index contributed by atoms with van der Waals surface area (Å²) in [6.45, 7) is 8.51. The van der Waals surface area contributed by atoms with Gasteiger partial charge in [-0.05, 0) is 68.7 Å². The van der Waals surface area contributed by atoms with Crippen LogP contribution < -0.4 is 14.2 Å². The monoisotopic (exact) mass is 613 g/mol. The molecule has 0 bridgehead atoms. The van der Waals surface area contributed by atoms with E-state index in [1.165, 1.54) is 18.7 Å². The van der Waals surface area contributed by atoms with Gasteiger partial charge in [0, 0.05) is 24.4 Å². The van der Waals surface area contributed by atoms with Gasteiger partial charge in [-0.15, -0.1) is 6.58 Å². The number of hydrogen-bond acceptors (Lipinski definition) is 9. The molecule has 2 aromatic rings. The number of aliphatic hydroxyl groups is 1. The number of methoxy groups -OCH3 is 1. The number of fused-ring (bicyclic) bond motifs is 1. The molecular weight excluding hydrogens is 574 g/mol. The number of allylic oxidation sites excluding steroid dienone is 1. The zero-order valence-electron chi connectivity index (χ0n) is 24.9.